The molecule has 2 aromatic rings. The van der Waals surface area contributed by atoms with E-state index in [1.165, 1.54) is 19.2 Å². The fourth-order valence-electron chi connectivity index (χ4n) is 1.48. The predicted octanol–water partition coefficient (Wildman–Crippen LogP) is 1.60. The Morgan fingerprint density at radius 2 is 2.30 bits per heavy atom. The highest BCUT2D eigenvalue weighted by Gasteiger charge is 2.14. The van der Waals surface area contributed by atoms with Crippen molar-refractivity contribution in [2.45, 2.75) is 6.92 Å². The Morgan fingerprint density at radius 1 is 1.50 bits per heavy atom. The van der Waals surface area contributed by atoms with Crippen molar-refractivity contribution >= 4 is 11.9 Å². The molecular weight excluding hydrogens is 267 g/mol. The maximum Gasteiger partial charge on any atom is 0.337 e. The molecule has 0 saturated heterocycles. The zero-order chi connectivity index (χ0) is 14.5. The molecule has 0 bridgehead atoms. The Bertz CT molecular complexity index is 614. The summed E-state index contributed by atoms with van der Waals surface area (Å²) in [6.07, 6.45) is 0. The second-order valence-electron chi connectivity index (χ2n) is 3.70. The van der Waals surface area contributed by atoms with E-state index in [0.717, 1.165) is 6.07 Å². The first kappa shape index (κ1) is 13.8. The van der Waals surface area contributed by atoms with Crippen LogP contribution in [0.5, 0.6) is 11.8 Å². The molecule has 0 radical (unpaired) electrons. The Morgan fingerprint density at radius 3 is 2.95 bits per heavy atom. The van der Waals surface area contributed by atoms with Crippen molar-refractivity contribution in [2.24, 2.45) is 0 Å². The Hall–Kier alpha value is -2.64. The number of benzene rings is 1. The smallest absolute Gasteiger partial charge is 0.337 e. The number of aromatic nitrogens is 3. The van der Waals surface area contributed by atoms with Gasteiger partial charge in [0.15, 0.2) is 0 Å². The van der Waals surface area contributed by atoms with Gasteiger partial charge < -0.3 is 9.47 Å². The number of halogens is 1. The molecule has 2 rings (SSSR count). The molecule has 8 heteroatoms. The van der Waals surface area contributed by atoms with Crippen LogP contribution in [0.25, 0.3) is 0 Å². The topological polar surface area (TPSA) is 89.1 Å². The van der Waals surface area contributed by atoms with Gasteiger partial charge in [-0.3, -0.25) is 10.1 Å². The minimum absolute atomic E-state index is 0.0775. The molecule has 106 valence electrons. The summed E-state index contributed by atoms with van der Waals surface area (Å²) in [5.41, 5.74) is -0.125. The van der Waals surface area contributed by atoms with Gasteiger partial charge in [0, 0.05) is 6.07 Å². The standard InChI is InChI=1S/C12H13FN4O3/c1-3-20-12-15-11(16-17-12)14-10(18)8-5-4-7(19-2)6-9(8)13/h4-6H,3H2,1-2H3,(H2,14,15,16,17,18). The molecule has 0 aliphatic rings. The van der Waals surface area contributed by atoms with E-state index in [4.69, 9.17) is 9.47 Å². The quantitative estimate of drug-likeness (QED) is 0.868. The van der Waals surface area contributed by atoms with Gasteiger partial charge in [-0.25, -0.2) is 9.49 Å². The van der Waals surface area contributed by atoms with Gasteiger partial charge in [-0.1, -0.05) is 0 Å². The molecule has 1 amide bonds. The highest BCUT2D eigenvalue weighted by atomic mass is 19.1. The van der Waals surface area contributed by atoms with Gasteiger partial charge in [0.05, 0.1) is 19.3 Å². The maximum atomic E-state index is 13.7. The molecule has 7 nitrogen and oxygen atoms in total. The fraction of sp³-hybridized carbons (Fsp3) is 0.250. The molecule has 20 heavy (non-hydrogen) atoms. The van der Waals surface area contributed by atoms with Crippen molar-refractivity contribution in [2.75, 3.05) is 19.0 Å². The number of hydrogen-bond donors (Lipinski definition) is 2. The lowest BCUT2D eigenvalue weighted by atomic mass is 10.2. The van der Waals surface area contributed by atoms with E-state index in [0.29, 0.717) is 12.4 Å². The second kappa shape index (κ2) is 6.00. The van der Waals surface area contributed by atoms with Crippen LogP contribution in [0.1, 0.15) is 17.3 Å². The molecule has 0 fully saturated rings. The number of aromatic amines is 1. The summed E-state index contributed by atoms with van der Waals surface area (Å²) >= 11 is 0. The molecule has 0 atom stereocenters. The van der Waals surface area contributed by atoms with Crippen molar-refractivity contribution in [3.05, 3.63) is 29.6 Å². The average Bonchev–Trinajstić information content (AvgIpc) is 2.86. The minimum atomic E-state index is -0.689. The second-order valence-corrected chi connectivity index (χ2v) is 3.70. The van der Waals surface area contributed by atoms with E-state index in [1.807, 2.05) is 0 Å². The fourth-order valence-corrected chi connectivity index (χ4v) is 1.48. The molecule has 0 saturated carbocycles. The van der Waals surface area contributed by atoms with Crippen LogP contribution in [0.2, 0.25) is 0 Å². The van der Waals surface area contributed by atoms with Crippen molar-refractivity contribution in [3.63, 3.8) is 0 Å². The number of ether oxygens (including phenoxy) is 2. The number of methoxy groups -OCH3 is 1. The van der Waals surface area contributed by atoms with Crippen LogP contribution >= 0.6 is 0 Å². The van der Waals surface area contributed by atoms with Crippen molar-refractivity contribution < 1.29 is 18.7 Å². The highest BCUT2D eigenvalue weighted by molar-refractivity contribution is 6.03. The van der Waals surface area contributed by atoms with E-state index >= 15 is 0 Å². The largest absolute Gasteiger partial charge is 0.497 e. The molecule has 2 N–H and O–H groups in total. The Labute approximate surface area is 114 Å². The number of H-pyrrole nitrogens is 1. The number of nitrogens with one attached hydrogen (secondary N) is 2. The molecule has 0 unspecified atom stereocenters. The number of carbonyl (C=O) groups excluding carboxylic acids is 1. The first-order valence-electron chi connectivity index (χ1n) is 5.84. The van der Waals surface area contributed by atoms with E-state index in [2.05, 4.69) is 20.5 Å². The zero-order valence-corrected chi connectivity index (χ0v) is 10.9. The van der Waals surface area contributed by atoms with Gasteiger partial charge in [-0.15, -0.1) is 5.10 Å². The molecule has 1 heterocycles. The monoisotopic (exact) mass is 280 g/mol. The number of nitrogens with zero attached hydrogens (tertiary/aromatic N) is 2. The molecule has 0 aliphatic heterocycles. The van der Waals surface area contributed by atoms with Crippen LogP contribution in [0.4, 0.5) is 10.3 Å². The lowest BCUT2D eigenvalue weighted by Crippen LogP contribution is -2.14. The molecular formula is C12H13FN4O3. The van der Waals surface area contributed by atoms with E-state index in [1.54, 1.807) is 6.92 Å². The first-order valence-corrected chi connectivity index (χ1v) is 5.84. The number of amides is 1. The molecule has 0 aliphatic carbocycles. The molecule has 1 aromatic heterocycles. The third-order valence-corrected chi connectivity index (χ3v) is 2.39. The van der Waals surface area contributed by atoms with Gasteiger partial charge in [0.25, 0.3) is 5.91 Å². The summed E-state index contributed by atoms with van der Waals surface area (Å²) in [4.78, 5) is 15.7. The van der Waals surface area contributed by atoms with Gasteiger partial charge in [0.2, 0.25) is 5.95 Å². The maximum absolute atomic E-state index is 13.7. The SMILES string of the molecule is CCOc1n[nH]c(NC(=O)c2ccc(OC)cc2F)n1. The molecule has 0 spiro atoms. The minimum Gasteiger partial charge on any atom is -0.497 e. The zero-order valence-electron chi connectivity index (χ0n) is 10.9. The number of anilines is 1. The third kappa shape index (κ3) is 3.02. The van der Waals surface area contributed by atoms with Crippen LogP contribution in [0, 0.1) is 5.82 Å². The van der Waals surface area contributed by atoms with Crippen LogP contribution in [-0.4, -0.2) is 34.8 Å². The van der Waals surface area contributed by atoms with E-state index < -0.39 is 11.7 Å². The Balaban J connectivity index is 2.11. The Kier molecular flexibility index (Phi) is 4.14. The number of rotatable bonds is 5. The highest BCUT2D eigenvalue weighted by Crippen LogP contribution is 2.17. The van der Waals surface area contributed by atoms with E-state index in [9.17, 15) is 9.18 Å². The third-order valence-electron chi connectivity index (χ3n) is 2.39. The summed E-state index contributed by atoms with van der Waals surface area (Å²) in [6.45, 7) is 2.18. The van der Waals surface area contributed by atoms with Crippen LogP contribution in [0.3, 0.4) is 0 Å². The normalized spacial score (nSPS) is 10.2. The van der Waals surface area contributed by atoms with Crippen molar-refractivity contribution in [1.29, 1.82) is 0 Å². The summed E-state index contributed by atoms with van der Waals surface area (Å²) in [7, 11) is 1.41. The van der Waals surface area contributed by atoms with E-state index in [-0.39, 0.29) is 17.5 Å². The number of hydrogen-bond acceptors (Lipinski definition) is 5. The van der Waals surface area contributed by atoms with Gasteiger partial charge >= 0.3 is 6.01 Å². The van der Waals surface area contributed by atoms with Crippen LogP contribution in [0.15, 0.2) is 18.2 Å². The van der Waals surface area contributed by atoms with Crippen LogP contribution < -0.4 is 14.8 Å². The average molecular weight is 280 g/mol. The summed E-state index contributed by atoms with van der Waals surface area (Å²) in [5.74, 6) is -0.929. The van der Waals surface area contributed by atoms with Crippen molar-refractivity contribution in [3.8, 4) is 11.8 Å². The van der Waals surface area contributed by atoms with Gasteiger partial charge in [-0.05, 0) is 19.1 Å². The van der Waals surface area contributed by atoms with Crippen LogP contribution in [-0.2, 0) is 0 Å². The number of carbonyl (C=O) groups is 1. The summed E-state index contributed by atoms with van der Waals surface area (Å²) < 4.78 is 23.6. The first-order chi connectivity index (χ1) is 9.63. The summed E-state index contributed by atoms with van der Waals surface area (Å²) in [5, 5.41) is 8.57. The van der Waals surface area contributed by atoms with Gasteiger partial charge in [-0.2, -0.15) is 4.98 Å². The van der Waals surface area contributed by atoms with Crippen molar-refractivity contribution in [1.82, 2.24) is 15.2 Å². The lowest BCUT2D eigenvalue weighted by molar-refractivity contribution is 0.102. The summed E-state index contributed by atoms with van der Waals surface area (Å²) in [6, 6.07) is 4.05. The predicted molar refractivity (Wildman–Crippen MR) is 68.5 cm³/mol. The molecule has 1 aromatic carbocycles. The lowest BCUT2D eigenvalue weighted by Gasteiger charge is -2.05. The van der Waals surface area contributed by atoms with Gasteiger partial charge in [0.1, 0.15) is 11.6 Å².